The Balaban J connectivity index is 1.43. The molecule has 25 heavy (non-hydrogen) atoms. The van der Waals surface area contributed by atoms with Gasteiger partial charge in [-0.3, -0.25) is 0 Å². The zero-order chi connectivity index (χ0) is 17.8. The fourth-order valence-corrected chi connectivity index (χ4v) is 2.41. The molecule has 1 N–H and O–H groups in total. The number of likely N-dealkylation sites (tertiary alicyclic amines) is 1. The molecule has 0 aliphatic carbocycles. The molecule has 0 radical (unpaired) electrons. The quantitative estimate of drug-likeness (QED) is 0.862. The lowest BCUT2D eigenvalue weighted by atomic mass is 10.2. The Morgan fingerprint density at radius 3 is 2.72 bits per heavy atom. The summed E-state index contributed by atoms with van der Waals surface area (Å²) in [5.74, 6) is 2.57. The van der Waals surface area contributed by atoms with E-state index in [0.717, 1.165) is 0 Å². The molecule has 1 fully saturated rings. The van der Waals surface area contributed by atoms with Gasteiger partial charge in [0.1, 0.15) is 6.10 Å². The smallest absolute Gasteiger partial charge is 0.318 e. The van der Waals surface area contributed by atoms with Gasteiger partial charge in [-0.2, -0.15) is 4.98 Å². The van der Waals surface area contributed by atoms with Crippen LogP contribution in [0.2, 0.25) is 0 Å². The zero-order valence-electron chi connectivity index (χ0n) is 14.6. The van der Waals surface area contributed by atoms with E-state index in [9.17, 15) is 4.79 Å². The van der Waals surface area contributed by atoms with Crippen molar-refractivity contribution in [3.8, 4) is 11.5 Å². The van der Waals surface area contributed by atoms with Crippen molar-refractivity contribution >= 4 is 6.03 Å². The number of ether oxygens (including phenoxy) is 2. The number of carbonyl (C=O) groups is 1. The molecule has 0 unspecified atom stereocenters. The van der Waals surface area contributed by atoms with Gasteiger partial charge in [0.25, 0.3) is 0 Å². The van der Waals surface area contributed by atoms with Gasteiger partial charge in [-0.1, -0.05) is 31.1 Å². The van der Waals surface area contributed by atoms with E-state index in [1.807, 2.05) is 38.1 Å². The highest BCUT2D eigenvalue weighted by Gasteiger charge is 2.32. The van der Waals surface area contributed by atoms with E-state index in [0.29, 0.717) is 36.3 Å². The zero-order valence-corrected chi connectivity index (χ0v) is 14.6. The molecule has 0 saturated carbocycles. The lowest BCUT2D eigenvalue weighted by Gasteiger charge is -2.38. The predicted octanol–water partition coefficient (Wildman–Crippen LogP) is 2.17. The van der Waals surface area contributed by atoms with Crippen LogP contribution in [0.15, 0.2) is 28.8 Å². The molecule has 1 aliphatic rings. The summed E-state index contributed by atoms with van der Waals surface area (Å²) in [6.07, 6.45) is -0.0419. The highest BCUT2D eigenvalue weighted by Crippen LogP contribution is 2.28. The average molecular weight is 346 g/mol. The number of hydrogen-bond acceptors (Lipinski definition) is 6. The molecule has 3 rings (SSSR count). The van der Waals surface area contributed by atoms with Crippen LogP contribution in [0.4, 0.5) is 4.79 Å². The summed E-state index contributed by atoms with van der Waals surface area (Å²) in [5, 5.41) is 6.63. The third kappa shape index (κ3) is 4.01. The Hall–Kier alpha value is -2.77. The normalized spacial score (nSPS) is 14.3. The van der Waals surface area contributed by atoms with Gasteiger partial charge in [0.15, 0.2) is 17.3 Å². The molecule has 1 saturated heterocycles. The Morgan fingerprint density at radius 1 is 1.36 bits per heavy atom. The summed E-state index contributed by atoms with van der Waals surface area (Å²) >= 11 is 0. The van der Waals surface area contributed by atoms with Crippen molar-refractivity contribution in [2.24, 2.45) is 0 Å². The van der Waals surface area contributed by atoms with Crippen molar-refractivity contribution in [2.75, 3.05) is 20.2 Å². The number of methoxy groups -OCH3 is 1. The maximum Gasteiger partial charge on any atom is 0.318 e. The second kappa shape index (κ2) is 7.42. The fraction of sp³-hybridized carbons (Fsp3) is 0.471. The Morgan fingerprint density at radius 2 is 2.08 bits per heavy atom. The lowest BCUT2D eigenvalue weighted by molar-refractivity contribution is 0.0425. The van der Waals surface area contributed by atoms with E-state index < -0.39 is 0 Å². The van der Waals surface area contributed by atoms with Crippen molar-refractivity contribution in [3.05, 3.63) is 36.0 Å². The van der Waals surface area contributed by atoms with Gasteiger partial charge in [-0.15, -0.1) is 0 Å². The Kier molecular flexibility index (Phi) is 5.06. The maximum atomic E-state index is 12.1. The SMILES string of the molecule is COc1ccccc1OC1CN(C(=O)NCc2noc(C(C)C)n2)C1. The van der Waals surface area contributed by atoms with Crippen LogP contribution in [-0.2, 0) is 6.54 Å². The first-order valence-electron chi connectivity index (χ1n) is 8.21. The molecule has 2 aromatic rings. The van der Waals surface area contributed by atoms with Gasteiger partial charge in [-0.25, -0.2) is 4.79 Å². The molecule has 1 aliphatic heterocycles. The number of amides is 2. The molecule has 2 amide bonds. The number of urea groups is 1. The van der Waals surface area contributed by atoms with Crippen LogP contribution >= 0.6 is 0 Å². The van der Waals surface area contributed by atoms with E-state index in [1.165, 1.54) is 0 Å². The standard InChI is InChI=1S/C17H22N4O4/c1-11(2)16-19-15(20-25-16)8-18-17(22)21-9-12(10-21)24-14-7-5-4-6-13(14)23-3/h4-7,11-12H,8-10H2,1-3H3,(H,18,22). The molecule has 0 spiro atoms. The summed E-state index contributed by atoms with van der Waals surface area (Å²) in [4.78, 5) is 18.0. The number of nitrogens with zero attached hydrogens (tertiary/aromatic N) is 3. The van der Waals surface area contributed by atoms with Gasteiger partial charge < -0.3 is 24.2 Å². The summed E-state index contributed by atoms with van der Waals surface area (Å²) < 4.78 is 16.2. The van der Waals surface area contributed by atoms with Gasteiger partial charge in [-0.05, 0) is 12.1 Å². The van der Waals surface area contributed by atoms with Crippen LogP contribution in [0.1, 0.15) is 31.5 Å². The summed E-state index contributed by atoms with van der Waals surface area (Å²) in [6.45, 7) is 5.22. The third-order valence-electron chi connectivity index (χ3n) is 3.87. The summed E-state index contributed by atoms with van der Waals surface area (Å²) in [7, 11) is 1.60. The topological polar surface area (TPSA) is 89.7 Å². The van der Waals surface area contributed by atoms with Crippen LogP contribution in [-0.4, -0.2) is 47.4 Å². The molecule has 1 aromatic heterocycles. The molecule has 0 bridgehead atoms. The van der Waals surface area contributed by atoms with Crippen molar-refractivity contribution < 1.29 is 18.8 Å². The second-order valence-corrected chi connectivity index (χ2v) is 6.16. The highest BCUT2D eigenvalue weighted by molar-refractivity contribution is 5.75. The van der Waals surface area contributed by atoms with Crippen molar-refractivity contribution in [3.63, 3.8) is 0 Å². The number of aromatic nitrogens is 2. The number of rotatable bonds is 6. The van der Waals surface area contributed by atoms with E-state index in [4.69, 9.17) is 14.0 Å². The van der Waals surface area contributed by atoms with Crippen molar-refractivity contribution in [1.29, 1.82) is 0 Å². The Labute approximate surface area is 146 Å². The van der Waals surface area contributed by atoms with Gasteiger partial charge in [0.05, 0.1) is 26.7 Å². The summed E-state index contributed by atoms with van der Waals surface area (Å²) in [5.41, 5.74) is 0. The minimum Gasteiger partial charge on any atom is -0.493 e. The van der Waals surface area contributed by atoms with Crippen molar-refractivity contribution in [2.45, 2.75) is 32.4 Å². The number of hydrogen-bond donors (Lipinski definition) is 1. The maximum absolute atomic E-state index is 12.1. The molecule has 1 aromatic carbocycles. The van der Waals surface area contributed by atoms with Gasteiger partial charge >= 0.3 is 6.03 Å². The average Bonchev–Trinajstić information content (AvgIpc) is 3.05. The van der Waals surface area contributed by atoms with Gasteiger partial charge in [0, 0.05) is 5.92 Å². The van der Waals surface area contributed by atoms with Crippen LogP contribution in [0.5, 0.6) is 11.5 Å². The van der Waals surface area contributed by atoms with Crippen LogP contribution < -0.4 is 14.8 Å². The number of para-hydroxylation sites is 2. The molecule has 8 nitrogen and oxygen atoms in total. The van der Waals surface area contributed by atoms with E-state index in [2.05, 4.69) is 15.5 Å². The fourth-order valence-electron chi connectivity index (χ4n) is 2.41. The molecule has 0 atom stereocenters. The first-order valence-corrected chi connectivity index (χ1v) is 8.21. The van der Waals surface area contributed by atoms with Crippen LogP contribution in [0.3, 0.4) is 0 Å². The number of benzene rings is 1. The first-order chi connectivity index (χ1) is 12.1. The largest absolute Gasteiger partial charge is 0.493 e. The van der Waals surface area contributed by atoms with Crippen LogP contribution in [0.25, 0.3) is 0 Å². The molecule has 8 heteroatoms. The molecule has 134 valence electrons. The number of carbonyl (C=O) groups excluding carboxylic acids is 1. The molecule has 2 heterocycles. The molecular weight excluding hydrogens is 324 g/mol. The third-order valence-corrected chi connectivity index (χ3v) is 3.87. The van der Waals surface area contributed by atoms with Crippen LogP contribution in [0, 0.1) is 0 Å². The predicted molar refractivity (Wildman–Crippen MR) is 89.6 cm³/mol. The minimum absolute atomic E-state index is 0.0419. The second-order valence-electron chi connectivity index (χ2n) is 6.16. The molecular formula is C17H22N4O4. The van der Waals surface area contributed by atoms with Gasteiger partial charge in [0.2, 0.25) is 5.89 Å². The van der Waals surface area contributed by atoms with E-state index >= 15 is 0 Å². The lowest BCUT2D eigenvalue weighted by Crippen LogP contribution is -2.58. The van der Waals surface area contributed by atoms with Crippen molar-refractivity contribution in [1.82, 2.24) is 20.4 Å². The number of nitrogens with one attached hydrogen (secondary N) is 1. The Bertz CT molecular complexity index is 725. The minimum atomic E-state index is -0.171. The monoisotopic (exact) mass is 346 g/mol. The first kappa shape index (κ1) is 17.1. The van der Waals surface area contributed by atoms with E-state index in [-0.39, 0.29) is 24.6 Å². The highest BCUT2D eigenvalue weighted by atomic mass is 16.5. The summed E-state index contributed by atoms with van der Waals surface area (Å²) in [6, 6.07) is 7.29. The van der Waals surface area contributed by atoms with E-state index in [1.54, 1.807) is 12.0 Å².